The minimum atomic E-state index is -0.226. The minimum Gasteiger partial charge on any atom is -0.493 e. The molecule has 1 aromatic rings. The summed E-state index contributed by atoms with van der Waals surface area (Å²) in [6, 6.07) is 5.51. The second-order valence-corrected chi connectivity index (χ2v) is 4.90. The van der Waals surface area contributed by atoms with Gasteiger partial charge in [0.2, 0.25) is 0 Å². The highest BCUT2D eigenvalue weighted by Crippen LogP contribution is 2.24. The van der Waals surface area contributed by atoms with Gasteiger partial charge in [-0.05, 0) is 43.5 Å². The van der Waals surface area contributed by atoms with E-state index in [0.717, 1.165) is 11.3 Å². The van der Waals surface area contributed by atoms with Crippen LogP contribution in [0.5, 0.6) is 5.75 Å². The van der Waals surface area contributed by atoms with Gasteiger partial charge in [0.1, 0.15) is 5.75 Å². The maximum atomic E-state index is 11.0. The van der Waals surface area contributed by atoms with Crippen LogP contribution >= 0.6 is 11.6 Å². The first-order valence-corrected chi connectivity index (χ1v) is 6.64. The maximum Gasteiger partial charge on any atom is 0.305 e. The lowest BCUT2D eigenvalue weighted by Crippen LogP contribution is -2.18. The summed E-state index contributed by atoms with van der Waals surface area (Å²) < 4.78 is 10.2. The van der Waals surface area contributed by atoms with Gasteiger partial charge in [-0.2, -0.15) is 0 Å². The Kier molecular flexibility index (Phi) is 6.67. The SMILES string of the molecule is COC(=O)CCCOc1ccc(Cl)cc1CC(C)N. The summed E-state index contributed by atoms with van der Waals surface area (Å²) in [5.41, 5.74) is 6.78. The molecule has 0 fully saturated rings. The molecule has 5 heteroatoms. The molecule has 0 spiro atoms. The van der Waals surface area contributed by atoms with E-state index in [1.54, 1.807) is 6.07 Å². The van der Waals surface area contributed by atoms with Crippen LogP contribution in [0.1, 0.15) is 25.3 Å². The van der Waals surface area contributed by atoms with Gasteiger partial charge >= 0.3 is 5.97 Å². The normalized spacial score (nSPS) is 12.0. The molecule has 4 nitrogen and oxygen atoms in total. The van der Waals surface area contributed by atoms with Crippen molar-refractivity contribution >= 4 is 17.6 Å². The molecule has 0 radical (unpaired) electrons. The molecular formula is C14H20ClNO3. The van der Waals surface area contributed by atoms with Crippen LogP contribution in [-0.2, 0) is 16.0 Å². The third-order valence-electron chi connectivity index (χ3n) is 2.57. The first-order valence-electron chi connectivity index (χ1n) is 6.26. The van der Waals surface area contributed by atoms with Crippen LogP contribution in [0.3, 0.4) is 0 Å². The zero-order valence-electron chi connectivity index (χ0n) is 11.3. The number of methoxy groups -OCH3 is 1. The highest BCUT2D eigenvalue weighted by Gasteiger charge is 2.08. The number of hydrogen-bond acceptors (Lipinski definition) is 4. The van der Waals surface area contributed by atoms with Gasteiger partial charge in [-0.15, -0.1) is 0 Å². The second-order valence-electron chi connectivity index (χ2n) is 4.46. The van der Waals surface area contributed by atoms with E-state index in [2.05, 4.69) is 4.74 Å². The molecule has 1 atom stereocenters. The number of esters is 1. The van der Waals surface area contributed by atoms with Crippen molar-refractivity contribution in [3.63, 3.8) is 0 Å². The number of carbonyl (C=O) groups excluding carboxylic acids is 1. The van der Waals surface area contributed by atoms with Gasteiger partial charge < -0.3 is 15.2 Å². The predicted octanol–water partition coefficient (Wildman–Crippen LogP) is 2.56. The van der Waals surface area contributed by atoms with Gasteiger partial charge in [-0.1, -0.05) is 11.6 Å². The van der Waals surface area contributed by atoms with E-state index in [9.17, 15) is 4.79 Å². The highest BCUT2D eigenvalue weighted by molar-refractivity contribution is 6.30. The van der Waals surface area contributed by atoms with E-state index in [1.807, 2.05) is 19.1 Å². The summed E-state index contributed by atoms with van der Waals surface area (Å²) in [7, 11) is 1.38. The molecule has 0 aliphatic heterocycles. The molecule has 1 aromatic carbocycles. The molecule has 19 heavy (non-hydrogen) atoms. The van der Waals surface area contributed by atoms with Gasteiger partial charge in [0.05, 0.1) is 13.7 Å². The molecule has 0 aromatic heterocycles. The third kappa shape index (κ3) is 5.94. The van der Waals surface area contributed by atoms with Crippen molar-refractivity contribution in [3.05, 3.63) is 28.8 Å². The van der Waals surface area contributed by atoms with Crippen molar-refractivity contribution in [2.75, 3.05) is 13.7 Å². The number of halogens is 1. The molecular weight excluding hydrogens is 266 g/mol. The summed E-state index contributed by atoms with van der Waals surface area (Å²) in [5.74, 6) is 0.544. The van der Waals surface area contributed by atoms with Gasteiger partial charge in [-0.25, -0.2) is 0 Å². The van der Waals surface area contributed by atoms with E-state index < -0.39 is 0 Å². The molecule has 0 bridgehead atoms. The van der Waals surface area contributed by atoms with Crippen LogP contribution in [0.15, 0.2) is 18.2 Å². The van der Waals surface area contributed by atoms with E-state index in [-0.39, 0.29) is 12.0 Å². The fourth-order valence-electron chi connectivity index (χ4n) is 1.70. The highest BCUT2D eigenvalue weighted by atomic mass is 35.5. The van der Waals surface area contributed by atoms with Crippen LogP contribution < -0.4 is 10.5 Å². The molecule has 0 amide bonds. The van der Waals surface area contributed by atoms with Gasteiger partial charge in [0.15, 0.2) is 0 Å². The smallest absolute Gasteiger partial charge is 0.305 e. The fourth-order valence-corrected chi connectivity index (χ4v) is 1.89. The largest absolute Gasteiger partial charge is 0.493 e. The summed E-state index contributed by atoms with van der Waals surface area (Å²) in [6.45, 7) is 2.39. The number of ether oxygens (including phenoxy) is 2. The lowest BCUT2D eigenvalue weighted by molar-refractivity contribution is -0.140. The standard InChI is InChI=1S/C14H20ClNO3/c1-10(16)8-11-9-12(15)5-6-13(11)19-7-3-4-14(17)18-2/h5-6,9-10H,3-4,7-8,16H2,1-2H3. The third-order valence-corrected chi connectivity index (χ3v) is 2.81. The number of carbonyl (C=O) groups is 1. The number of nitrogens with two attached hydrogens (primary N) is 1. The molecule has 0 heterocycles. The quantitative estimate of drug-likeness (QED) is 0.618. The van der Waals surface area contributed by atoms with Crippen LogP contribution in [0.2, 0.25) is 5.02 Å². The van der Waals surface area contributed by atoms with Crippen molar-refractivity contribution in [1.29, 1.82) is 0 Å². The van der Waals surface area contributed by atoms with Gasteiger partial charge in [0.25, 0.3) is 0 Å². The summed E-state index contributed by atoms with van der Waals surface area (Å²) in [4.78, 5) is 11.0. The Morgan fingerprint density at radius 1 is 1.47 bits per heavy atom. The molecule has 1 rings (SSSR count). The molecule has 0 aliphatic carbocycles. The van der Waals surface area contributed by atoms with Gasteiger partial charge in [0, 0.05) is 17.5 Å². The minimum absolute atomic E-state index is 0.0379. The summed E-state index contributed by atoms with van der Waals surface area (Å²) in [5, 5.41) is 0.664. The van der Waals surface area contributed by atoms with Crippen molar-refractivity contribution in [2.24, 2.45) is 5.73 Å². The van der Waals surface area contributed by atoms with E-state index in [4.69, 9.17) is 22.1 Å². The van der Waals surface area contributed by atoms with Gasteiger partial charge in [-0.3, -0.25) is 4.79 Å². The van der Waals surface area contributed by atoms with Crippen LogP contribution in [-0.4, -0.2) is 25.7 Å². The summed E-state index contributed by atoms with van der Waals surface area (Å²) >= 11 is 5.96. The zero-order valence-corrected chi connectivity index (χ0v) is 12.1. The number of rotatable bonds is 7. The van der Waals surface area contributed by atoms with Crippen molar-refractivity contribution in [3.8, 4) is 5.75 Å². The fraction of sp³-hybridized carbons (Fsp3) is 0.500. The molecule has 0 saturated heterocycles. The van der Waals surface area contributed by atoms with Crippen LogP contribution in [0.25, 0.3) is 0 Å². The Morgan fingerprint density at radius 3 is 2.84 bits per heavy atom. The predicted molar refractivity (Wildman–Crippen MR) is 75.6 cm³/mol. The zero-order chi connectivity index (χ0) is 14.3. The summed E-state index contributed by atoms with van der Waals surface area (Å²) in [6.07, 6.45) is 1.67. The second kappa shape index (κ2) is 8.02. The first-order chi connectivity index (χ1) is 9.02. The monoisotopic (exact) mass is 285 g/mol. The van der Waals surface area contributed by atoms with E-state index in [0.29, 0.717) is 30.9 Å². The molecule has 0 aliphatic rings. The topological polar surface area (TPSA) is 61.5 Å². The average Bonchev–Trinajstić information content (AvgIpc) is 2.35. The molecule has 1 unspecified atom stereocenters. The van der Waals surface area contributed by atoms with Crippen molar-refractivity contribution in [1.82, 2.24) is 0 Å². The van der Waals surface area contributed by atoms with E-state index in [1.165, 1.54) is 7.11 Å². The number of benzene rings is 1. The van der Waals surface area contributed by atoms with Crippen molar-refractivity contribution < 1.29 is 14.3 Å². The Balaban J connectivity index is 2.54. The Hall–Kier alpha value is -1.26. The molecule has 0 saturated carbocycles. The Labute approximate surface area is 118 Å². The molecule has 2 N–H and O–H groups in total. The first kappa shape index (κ1) is 15.8. The number of hydrogen-bond donors (Lipinski definition) is 1. The van der Waals surface area contributed by atoms with Crippen molar-refractivity contribution in [2.45, 2.75) is 32.2 Å². The molecule has 106 valence electrons. The Bertz CT molecular complexity index is 421. The lowest BCUT2D eigenvalue weighted by atomic mass is 10.1. The lowest BCUT2D eigenvalue weighted by Gasteiger charge is -2.13. The Morgan fingerprint density at radius 2 is 2.21 bits per heavy atom. The average molecular weight is 286 g/mol. The van der Waals surface area contributed by atoms with E-state index >= 15 is 0 Å². The van der Waals surface area contributed by atoms with Crippen LogP contribution in [0.4, 0.5) is 0 Å². The maximum absolute atomic E-state index is 11.0. The van der Waals surface area contributed by atoms with Crippen LogP contribution in [0, 0.1) is 0 Å².